The summed E-state index contributed by atoms with van der Waals surface area (Å²) in [5.74, 6) is 0. The van der Waals surface area contributed by atoms with Crippen LogP contribution in [0.2, 0.25) is 10.0 Å². The van der Waals surface area contributed by atoms with Crippen LogP contribution in [0.4, 0.5) is 10.5 Å². The Kier molecular flexibility index (Phi) is 4.32. The molecule has 0 aromatic heterocycles. The van der Waals surface area contributed by atoms with Gasteiger partial charge in [0.05, 0.1) is 23.4 Å². The van der Waals surface area contributed by atoms with Crippen LogP contribution in [-0.2, 0) is 0 Å². The maximum Gasteiger partial charge on any atom is 0.322 e. The Balaban J connectivity index is 2.09. The van der Waals surface area contributed by atoms with Gasteiger partial charge in [0, 0.05) is 11.6 Å². The summed E-state index contributed by atoms with van der Waals surface area (Å²) >= 11 is 11.8. The number of nitrogens with one attached hydrogen (secondary N) is 1. The van der Waals surface area contributed by atoms with Crippen LogP contribution in [0.25, 0.3) is 0 Å². The highest BCUT2D eigenvalue weighted by Gasteiger charge is 2.28. The molecular weight excluding hydrogens is 275 g/mol. The van der Waals surface area contributed by atoms with Gasteiger partial charge in [0.2, 0.25) is 0 Å². The van der Waals surface area contributed by atoms with E-state index < -0.39 is 0 Å². The minimum Gasteiger partial charge on any atom is -0.394 e. The second kappa shape index (κ2) is 5.78. The van der Waals surface area contributed by atoms with E-state index in [0.717, 1.165) is 12.8 Å². The average molecular weight is 289 g/mol. The van der Waals surface area contributed by atoms with Gasteiger partial charge < -0.3 is 15.3 Å². The summed E-state index contributed by atoms with van der Waals surface area (Å²) < 4.78 is 0. The van der Waals surface area contributed by atoms with Crippen molar-refractivity contribution in [2.75, 3.05) is 18.5 Å². The van der Waals surface area contributed by atoms with Crippen LogP contribution in [0, 0.1) is 0 Å². The number of carbonyl (C=O) groups excluding carboxylic acids is 1. The number of nitrogens with zero attached hydrogens (tertiary/aromatic N) is 1. The maximum absolute atomic E-state index is 12.0. The lowest BCUT2D eigenvalue weighted by atomic mass is 10.2. The molecule has 0 radical (unpaired) electrons. The van der Waals surface area contributed by atoms with E-state index in [1.165, 1.54) is 0 Å². The molecular formula is C12H14Cl2N2O2. The zero-order valence-electron chi connectivity index (χ0n) is 9.70. The monoisotopic (exact) mass is 288 g/mol. The Morgan fingerprint density at radius 2 is 2.28 bits per heavy atom. The molecule has 1 fully saturated rings. The van der Waals surface area contributed by atoms with Crippen molar-refractivity contribution in [3.8, 4) is 0 Å². The van der Waals surface area contributed by atoms with E-state index in [4.69, 9.17) is 23.2 Å². The molecule has 0 spiro atoms. The van der Waals surface area contributed by atoms with Gasteiger partial charge in [-0.1, -0.05) is 23.2 Å². The molecule has 1 saturated heterocycles. The molecule has 0 bridgehead atoms. The second-order valence-electron chi connectivity index (χ2n) is 4.23. The van der Waals surface area contributed by atoms with Crippen LogP contribution >= 0.6 is 23.2 Å². The maximum atomic E-state index is 12.0. The number of likely N-dealkylation sites (tertiary alicyclic amines) is 1. The highest BCUT2D eigenvalue weighted by atomic mass is 35.5. The lowest BCUT2D eigenvalue weighted by molar-refractivity contribution is 0.166. The van der Waals surface area contributed by atoms with Gasteiger partial charge in [0.25, 0.3) is 0 Å². The van der Waals surface area contributed by atoms with Gasteiger partial charge >= 0.3 is 6.03 Å². The van der Waals surface area contributed by atoms with Crippen LogP contribution in [-0.4, -0.2) is 35.2 Å². The molecule has 98 valence electrons. The number of anilines is 1. The Labute approximate surface area is 115 Å². The van der Waals surface area contributed by atoms with E-state index in [1.807, 2.05) is 0 Å². The zero-order valence-corrected chi connectivity index (χ0v) is 11.2. The molecule has 0 unspecified atom stereocenters. The molecule has 1 aliphatic heterocycles. The van der Waals surface area contributed by atoms with Gasteiger partial charge in [0.15, 0.2) is 0 Å². The zero-order chi connectivity index (χ0) is 13.1. The first-order chi connectivity index (χ1) is 8.61. The van der Waals surface area contributed by atoms with Crippen molar-refractivity contribution < 1.29 is 9.90 Å². The van der Waals surface area contributed by atoms with Gasteiger partial charge in [-0.05, 0) is 31.0 Å². The molecule has 2 N–H and O–H groups in total. The molecule has 0 saturated carbocycles. The fraction of sp³-hybridized carbons (Fsp3) is 0.417. The SMILES string of the molecule is O=C(Nc1cc(Cl)ccc1Cl)N1CCC[C@@H]1CO. The quantitative estimate of drug-likeness (QED) is 0.879. The van der Waals surface area contributed by atoms with Crippen LogP contribution in [0.15, 0.2) is 18.2 Å². The number of aliphatic hydroxyl groups excluding tert-OH is 1. The lowest BCUT2D eigenvalue weighted by Crippen LogP contribution is -2.40. The van der Waals surface area contributed by atoms with E-state index in [9.17, 15) is 9.90 Å². The fourth-order valence-corrected chi connectivity index (χ4v) is 2.41. The molecule has 1 atom stereocenters. The molecule has 2 rings (SSSR count). The molecule has 4 nitrogen and oxygen atoms in total. The third-order valence-corrected chi connectivity index (χ3v) is 3.58. The Hall–Kier alpha value is -0.970. The lowest BCUT2D eigenvalue weighted by Gasteiger charge is -2.23. The number of hydrogen-bond acceptors (Lipinski definition) is 2. The summed E-state index contributed by atoms with van der Waals surface area (Å²) in [5, 5.41) is 12.8. The Bertz CT molecular complexity index is 454. The van der Waals surface area contributed by atoms with Gasteiger partial charge in [-0.25, -0.2) is 4.79 Å². The first-order valence-corrected chi connectivity index (χ1v) is 6.51. The van der Waals surface area contributed by atoms with Crippen molar-refractivity contribution in [3.05, 3.63) is 28.2 Å². The number of hydrogen-bond donors (Lipinski definition) is 2. The fourth-order valence-electron chi connectivity index (χ4n) is 2.07. The molecule has 6 heteroatoms. The number of amides is 2. The molecule has 1 aromatic rings. The van der Waals surface area contributed by atoms with Crippen LogP contribution in [0.5, 0.6) is 0 Å². The van der Waals surface area contributed by atoms with Gasteiger partial charge in [-0.15, -0.1) is 0 Å². The Morgan fingerprint density at radius 3 is 3.00 bits per heavy atom. The minimum absolute atomic E-state index is 0.0172. The van der Waals surface area contributed by atoms with Crippen LogP contribution < -0.4 is 5.32 Å². The first-order valence-electron chi connectivity index (χ1n) is 5.75. The summed E-state index contributed by atoms with van der Waals surface area (Å²) in [6, 6.07) is 4.53. The second-order valence-corrected chi connectivity index (χ2v) is 5.07. The number of urea groups is 1. The molecule has 0 aliphatic carbocycles. The predicted octanol–water partition coefficient (Wildman–Crippen LogP) is 2.98. The van der Waals surface area contributed by atoms with E-state index in [-0.39, 0.29) is 18.7 Å². The largest absolute Gasteiger partial charge is 0.394 e. The van der Waals surface area contributed by atoms with E-state index >= 15 is 0 Å². The number of rotatable bonds is 2. The number of benzene rings is 1. The third-order valence-electron chi connectivity index (χ3n) is 3.02. The third kappa shape index (κ3) is 2.88. The number of aliphatic hydroxyl groups is 1. The summed E-state index contributed by atoms with van der Waals surface area (Å²) in [6.45, 7) is 0.631. The van der Waals surface area contributed by atoms with Crippen molar-refractivity contribution in [1.29, 1.82) is 0 Å². The smallest absolute Gasteiger partial charge is 0.322 e. The van der Waals surface area contributed by atoms with Crippen molar-refractivity contribution in [1.82, 2.24) is 4.90 Å². The summed E-state index contributed by atoms with van der Waals surface area (Å²) in [5.41, 5.74) is 0.484. The molecule has 1 aliphatic rings. The van der Waals surface area contributed by atoms with Gasteiger partial charge in [0.1, 0.15) is 0 Å². The molecule has 1 heterocycles. The predicted molar refractivity (Wildman–Crippen MR) is 72.3 cm³/mol. The topological polar surface area (TPSA) is 52.6 Å². The standard InChI is InChI=1S/C12H14Cl2N2O2/c13-8-3-4-10(14)11(6-8)15-12(18)16-5-1-2-9(16)7-17/h3-4,6,9,17H,1-2,5,7H2,(H,15,18)/t9-/m1/s1. The molecule has 18 heavy (non-hydrogen) atoms. The summed E-state index contributed by atoms with van der Waals surface area (Å²) in [4.78, 5) is 13.7. The van der Waals surface area contributed by atoms with E-state index in [0.29, 0.717) is 22.3 Å². The van der Waals surface area contributed by atoms with Gasteiger partial charge in [-0.2, -0.15) is 0 Å². The van der Waals surface area contributed by atoms with Crippen LogP contribution in [0.3, 0.4) is 0 Å². The Morgan fingerprint density at radius 1 is 1.50 bits per heavy atom. The molecule has 2 amide bonds. The van der Waals surface area contributed by atoms with E-state index in [1.54, 1.807) is 23.1 Å². The van der Waals surface area contributed by atoms with Crippen molar-refractivity contribution in [2.45, 2.75) is 18.9 Å². The van der Waals surface area contributed by atoms with Crippen molar-refractivity contribution in [3.63, 3.8) is 0 Å². The number of halogens is 2. The highest BCUT2D eigenvalue weighted by molar-refractivity contribution is 6.35. The van der Waals surface area contributed by atoms with Crippen molar-refractivity contribution in [2.24, 2.45) is 0 Å². The summed E-state index contributed by atoms with van der Waals surface area (Å²) in [6.07, 6.45) is 1.73. The average Bonchev–Trinajstić information content (AvgIpc) is 2.82. The number of carbonyl (C=O) groups is 1. The van der Waals surface area contributed by atoms with E-state index in [2.05, 4.69) is 5.32 Å². The normalized spacial score (nSPS) is 19.1. The highest BCUT2D eigenvalue weighted by Crippen LogP contribution is 2.26. The van der Waals surface area contributed by atoms with Crippen molar-refractivity contribution >= 4 is 34.9 Å². The molecule has 1 aromatic carbocycles. The van der Waals surface area contributed by atoms with Gasteiger partial charge in [-0.3, -0.25) is 0 Å². The minimum atomic E-state index is -0.254. The first kappa shape index (κ1) is 13.5. The summed E-state index contributed by atoms with van der Waals surface area (Å²) in [7, 11) is 0. The van der Waals surface area contributed by atoms with Crippen LogP contribution in [0.1, 0.15) is 12.8 Å².